The lowest BCUT2D eigenvalue weighted by atomic mass is 10.0. The number of fused-ring (bicyclic) bond motifs is 1. The van der Waals surface area contributed by atoms with Gasteiger partial charge in [-0.05, 0) is 44.5 Å². The summed E-state index contributed by atoms with van der Waals surface area (Å²) in [4.78, 5) is 2.22. The Labute approximate surface area is 91.5 Å². The second kappa shape index (κ2) is 4.33. The van der Waals surface area contributed by atoms with Crippen molar-refractivity contribution < 1.29 is 5.11 Å². The number of hydrogen-bond donors (Lipinski definition) is 1. The van der Waals surface area contributed by atoms with E-state index in [9.17, 15) is 5.11 Å². The number of hydrogen-bond acceptors (Lipinski definition) is 2. The van der Waals surface area contributed by atoms with Gasteiger partial charge in [0.1, 0.15) is 0 Å². The predicted octanol–water partition coefficient (Wildman–Crippen LogP) is 1.99. The quantitative estimate of drug-likeness (QED) is 0.709. The smallest absolute Gasteiger partial charge is 0.0807 e. The van der Waals surface area contributed by atoms with Crippen LogP contribution in [0.5, 0.6) is 0 Å². The van der Waals surface area contributed by atoms with Crippen LogP contribution in [0.4, 0.5) is 0 Å². The summed E-state index contributed by atoms with van der Waals surface area (Å²) in [7, 11) is 4.18. The number of aliphatic hydroxyl groups excluding tert-OH is 1. The summed E-state index contributed by atoms with van der Waals surface area (Å²) in [5.74, 6) is 0. The van der Waals surface area contributed by atoms with Crippen LogP contribution in [0.15, 0.2) is 24.3 Å². The number of rotatable bonds is 1. The maximum absolute atomic E-state index is 10.1. The third-order valence-corrected chi connectivity index (χ3v) is 3.39. The normalized spacial score (nSPS) is 26.1. The highest BCUT2D eigenvalue weighted by atomic mass is 16.3. The Balaban J connectivity index is 2.24. The maximum atomic E-state index is 10.1. The molecule has 0 aliphatic heterocycles. The number of benzene rings is 1. The van der Waals surface area contributed by atoms with E-state index in [2.05, 4.69) is 37.2 Å². The highest BCUT2D eigenvalue weighted by Crippen LogP contribution is 2.29. The van der Waals surface area contributed by atoms with Crippen molar-refractivity contribution in [2.45, 2.75) is 31.4 Å². The number of aryl methyl sites for hydroxylation is 1. The van der Waals surface area contributed by atoms with Crippen LogP contribution in [0.3, 0.4) is 0 Å². The molecule has 1 aliphatic rings. The fraction of sp³-hybridized carbons (Fsp3) is 0.538. The molecule has 1 aromatic rings. The van der Waals surface area contributed by atoms with Gasteiger partial charge >= 0.3 is 0 Å². The summed E-state index contributed by atoms with van der Waals surface area (Å²) in [5.41, 5.74) is 2.44. The number of aliphatic hydroxyl groups is 1. The van der Waals surface area contributed by atoms with E-state index in [1.807, 2.05) is 6.07 Å². The van der Waals surface area contributed by atoms with Gasteiger partial charge in [0.25, 0.3) is 0 Å². The van der Waals surface area contributed by atoms with Crippen molar-refractivity contribution >= 4 is 0 Å². The Morgan fingerprint density at radius 3 is 2.73 bits per heavy atom. The molecular formula is C13H19NO. The van der Waals surface area contributed by atoms with E-state index in [1.54, 1.807) is 0 Å². The Morgan fingerprint density at radius 1 is 1.27 bits per heavy atom. The molecule has 1 N–H and O–H groups in total. The van der Waals surface area contributed by atoms with Crippen LogP contribution in [0.2, 0.25) is 0 Å². The van der Waals surface area contributed by atoms with E-state index in [0.717, 1.165) is 24.8 Å². The van der Waals surface area contributed by atoms with Crippen LogP contribution in [0.1, 0.15) is 30.1 Å². The molecule has 2 rings (SSSR count). The zero-order valence-corrected chi connectivity index (χ0v) is 9.48. The SMILES string of the molecule is CN(C)[C@@H]1CCc2ccccc2[C@H](O)C1. The second-order valence-electron chi connectivity index (χ2n) is 4.61. The lowest BCUT2D eigenvalue weighted by molar-refractivity contribution is 0.126. The van der Waals surface area contributed by atoms with Crippen molar-refractivity contribution in [1.29, 1.82) is 0 Å². The van der Waals surface area contributed by atoms with Gasteiger partial charge in [-0.1, -0.05) is 24.3 Å². The first-order valence-corrected chi connectivity index (χ1v) is 5.61. The highest BCUT2D eigenvalue weighted by Gasteiger charge is 2.23. The summed E-state index contributed by atoms with van der Waals surface area (Å²) in [5, 5.41) is 10.1. The van der Waals surface area contributed by atoms with Crippen LogP contribution < -0.4 is 0 Å². The second-order valence-corrected chi connectivity index (χ2v) is 4.61. The van der Waals surface area contributed by atoms with E-state index in [-0.39, 0.29) is 6.10 Å². The van der Waals surface area contributed by atoms with Gasteiger partial charge in [0.05, 0.1) is 6.10 Å². The Kier molecular flexibility index (Phi) is 3.08. The van der Waals surface area contributed by atoms with Crippen LogP contribution in [0.25, 0.3) is 0 Å². The largest absolute Gasteiger partial charge is 0.388 e. The van der Waals surface area contributed by atoms with E-state index < -0.39 is 0 Å². The van der Waals surface area contributed by atoms with Crippen molar-refractivity contribution in [1.82, 2.24) is 4.90 Å². The Hall–Kier alpha value is -0.860. The molecule has 0 unspecified atom stereocenters. The Bertz CT molecular complexity index is 335. The first-order valence-electron chi connectivity index (χ1n) is 5.61. The van der Waals surface area contributed by atoms with E-state index in [1.165, 1.54) is 5.56 Å². The third-order valence-electron chi connectivity index (χ3n) is 3.39. The predicted molar refractivity (Wildman–Crippen MR) is 61.8 cm³/mol. The number of nitrogens with zero attached hydrogens (tertiary/aromatic N) is 1. The average Bonchev–Trinajstić information content (AvgIpc) is 2.39. The topological polar surface area (TPSA) is 23.5 Å². The maximum Gasteiger partial charge on any atom is 0.0807 e. The fourth-order valence-electron chi connectivity index (χ4n) is 2.38. The van der Waals surface area contributed by atoms with E-state index in [4.69, 9.17) is 0 Å². The molecule has 2 atom stereocenters. The molecule has 15 heavy (non-hydrogen) atoms. The summed E-state index contributed by atoms with van der Waals surface area (Å²) in [6, 6.07) is 8.75. The highest BCUT2D eigenvalue weighted by molar-refractivity contribution is 5.30. The monoisotopic (exact) mass is 205 g/mol. The molecule has 0 spiro atoms. The minimum atomic E-state index is -0.295. The van der Waals surface area contributed by atoms with E-state index in [0.29, 0.717) is 6.04 Å². The van der Waals surface area contributed by atoms with Gasteiger partial charge in [-0.25, -0.2) is 0 Å². The standard InChI is InChI=1S/C13H19NO/c1-14(2)11-8-7-10-5-3-4-6-12(10)13(15)9-11/h3-6,11,13,15H,7-9H2,1-2H3/t11-,13-/m1/s1. The van der Waals surface area contributed by atoms with Gasteiger partial charge in [-0.3, -0.25) is 0 Å². The molecule has 0 heterocycles. The Morgan fingerprint density at radius 2 is 2.00 bits per heavy atom. The molecule has 82 valence electrons. The molecule has 0 amide bonds. The summed E-state index contributed by atoms with van der Waals surface area (Å²) < 4.78 is 0. The molecule has 0 bridgehead atoms. The van der Waals surface area contributed by atoms with Crippen LogP contribution >= 0.6 is 0 Å². The molecule has 0 fully saturated rings. The minimum Gasteiger partial charge on any atom is -0.388 e. The van der Waals surface area contributed by atoms with Crippen LogP contribution in [-0.4, -0.2) is 30.1 Å². The molecule has 2 nitrogen and oxygen atoms in total. The molecule has 0 saturated heterocycles. The average molecular weight is 205 g/mol. The molecule has 0 saturated carbocycles. The van der Waals surface area contributed by atoms with Crippen molar-refractivity contribution in [2.24, 2.45) is 0 Å². The van der Waals surface area contributed by atoms with Gasteiger partial charge in [0.15, 0.2) is 0 Å². The third kappa shape index (κ3) is 2.21. The van der Waals surface area contributed by atoms with Crippen LogP contribution in [0, 0.1) is 0 Å². The van der Waals surface area contributed by atoms with Gasteiger partial charge in [0, 0.05) is 6.04 Å². The van der Waals surface area contributed by atoms with E-state index >= 15 is 0 Å². The molecule has 1 aliphatic carbocycles. The van der Waals surface area contributed by atoms with Crippen molar-refractivity contribution in [3.63, 3.8) is 0 Å². The molecule has 1 aromatic carbocycles. The molecule has 0 aromatic heterocycles. The van der Waals surface area contributed by atoms with Gasteiger partial charge in [-0.15, -0.1) is 0 Å². The lowest BCUT2D eigenvalue weighted by Crippen LogP contribution is -2.28. The summed E-state index contributed by atoms with van der Waals surface area (Å²) >= 11 is 0. The van der Waals surface area contributed by atoms with Crippen molar-refractivity contribution in [2.75, 3.05) is 14.1 Å². The van der Waals surface area contributed by atoms with Gasteiger partial charge in [-0.2, -0.15) is 0 Å². The molecule has 2 heteroatoms. The van der Waals surface area contributed by atoms with Gasteiger partial charge in [0.2, 0.25) is 0 Å². The first kappa shape index (κ1) is 10.7. The first-order chi connectivity index (χ1) is 7.18. The van der Waals surface area contributed by atoms with Crippen molar-refractivity contribution in [3.05, 3.63) is 35.4 Å². The van der Waals surface area contributed by atoms with Crippen molar-refractivity contribution in [3.8, 4) is 0 Å². The fourth-order valence-corrected chi connectivity index (χ4v) is 2.38. The minimum absolute atomic E-state index is 0.295. The lowest BCUT2D eigenvalue weighted by Gasteiger charge is -2.23. The zero-order valence-electron chi connectivity index (χ0n) is 9.48. The van der Waals surface area contributed by atoms with Gasteiger partial charge < -0.3 is 10.0 Å². The summed E-state index contributed by atoms with van der Waals surface area (Å²) in [6.45, 7) is 0. The summed E-state index contributed by atoms with van der Waals surface area (Å²) in [6.07, 6.45) is 2.78. The molecule has 0 radical (unpaired) electrons. The molecular weight excluding hydrogens is 186 g/mol. The zero-order chi connectivity index (χ0) is 10.8. The van der Waals surface area contributed by atoms with Crippen LogP contribution in [-0.2, 0) is 6.42 Å².